The summed E-state index contributed by atoms with van der Waals surface area (Å²) in [7, 11) is 8.68. The van der Waals surface area contributed by atoms with Gasteiger partial charge in [-0.3, -0.25) is 0 Å². The molecule has 0 aromatic carbocycles. The zero-order valence-electron chi connectivity index (χ0n) is 12.3. The third-order valence-electron chi connectivity index (χ3n) is 3.97. The zero-order valence-corrected chi connectivity index (χ0v) is 12.3. The van der Waals surface area contributed by atoms with Crippen LogP contribution in [0.25, 0.3) is 0 Å². The zero-order chi connectivity index (χ0) is 12.7. The van der Waals surface area contributed by atoms with E-state index in [1.165, 1.54) is 58.3 Å². The highest BCUT2D eigenvalue weighted by molar-refractivity contribution is 4.88. The average molecular weight is 241 g/mol. The Kier molecular flexibility index (Phi) is 6.45. The van der Waals surface area contributed by atoms with Crippen molar-refractivity contribution in [3.63, 3.8) is 0 Å². The van der Waals surface area contributed by atoms with Crippen molar-refractivity contribution >= 4 is 0 Å². The summed E-state index contributed by atoms with van der Waals surface area (Å²) in [4.78, 5) is 4.80. The summed E-state index contributed by atoms with van der Waals surface area (Å²) in [5.41, 5.74) is 0.557. The lowest BCUT2D eigenvalue weighted by Gasteiger charge is -2.33. The van der Waals surface area contributed by atoms with Crippen molar-refractivity contribution in [2.45, 2.75) is 32.1 Å². The summed E-state index contributed by atoms with van der Waals surface area (Å²) in [6, 6.07) is 0. The van der Waals surface area contributed by atoms with Crippen LogP contribution in [-0.4, -0.2) is 64.2 Å². The van der Waals surface area contributed by atoms with Crippen LogP contribution < -0.4 is 5.32 Å². The third-order valence-corrected chi connectivity index (χ3v) is 3.97. The molecule has 102 valence electrons. The van der Waals surface area contributed by atoms with E-state index in [1.807, 2.05) is 0 Å². The lowest BCUT2D eigenvalue weighted by Crippen LogP contribution is -2.41. The Balaban J connectivity index is 2.29. The van der Waals surface area contributed by atoms with Crippen molar-refractivity contribution in [3.05, 3.63) is 0 Å². The predicted molar refractivity (Wildman–Crippen MR) is 75.5 cm³/mol. The summed E-state index contributed by atoms with van der Waals surface area (Å²) in [6.07, 6.45) is 6.94. The maximum atomic E-state index is 3.40. The van der Waals surface area contributed by atoms with Gasteiger partial charge in [0, 0.05) is 13.1 Å². The van der Waals surface area contributed by atoms with Gasteiger partial charge in [0.15, 0.2) is 0 Å². The average Bonchev–Trinajstić information content (AvgIpc) is 2.66. The molecular weight excluding hydrogens is 210 g/mol. The number of hydrogen-bond acceptors (Lipinski definition) is 3. The summed E-state index contributed by atoms with van der Waals surface area (Å²) >= 11 is 0. The van der Waals surface area contributed by atoms with Crippen molar-refractivity contribution in [1.82, 2.24) is 15.1 Å². The van der Waals surface area contributed by atoms with Crippen LogP contribution in [0.15, 0.2) is 0 Å². The molecule has 1 aliphatic rings. The van der Waals surface area contributed by atoms with Crippen LogP contribution in [0.5, 0.6) is 0 Å². The van der Waals surface area contributed by atoms with Gasteiger partial charge in [0.1, 0.15) is 0 Å². The molecule has 0 saturated heterocycles. The minimum atomic E-state index is 0.557. The van der Waals surface area contributed by atoms with Crippen molar-refractivity contribution in [2.24, 2.45) is 5.41 Å². The number of hydrogen-bond donors (Lipinski definition) is 1. The molecule has 0 aromatic rings. The molecule has 3 nitrogen and oxygen atoms in total. The molecule has 1 rings (SSSR count). The van der Waals surface area contributed by atoms with E-state index in [0.717, 1.165) is 0 Å². The molecule has 0 amide bonds. The lowest BCUT2D eigenvalue weighted by atomic mass is 9.85. The molecule has 0 spiro atoms. The van der Waals surface area contributed by atoms with Crippen LogP contribution in [0, 0.1) is 5.41 Å². The number of nitrogens with one attached hydrogen (secondary N) is 1. The van der Waals surface area contributed by atoms with Gasteiger partial charge >= 0.3 is 0 Å². The second-order valence-electron chi connectivity index (χ2n) is 6.13. The Morgan fingerprint density at radius 1 is 1.06 bits per heavy atom. The maximum Gasteiger partial charge on any atom is 0.00471 e. The Hall–Kier alpha value is -0.120. The Morgan fingerprint density at radius 2 is 1.71 bits per heavy atom. The van der Waals surface area contributed by atoms with Gasteiger partial charge in [-0.25, -0.2) is 0 Å². The van der Waals surface area contributed by atoms with E-state index >= 15 is 0 Å². The van der Waals surface area contributed by atoms with Crippen LogP contribution in [-0.2, 0) is 0 Å². The van der Waals surface area contributed by atoms with E-state index in [2.05, 4.69) is 43.3 Å². The van der Waals surface area contributed by atoms with Crippen molar-refractivity contribution in [3.8, 4) is 0 Å². The minimum absolute atomic E-state index is 0.557. The number of nitrogens with zero attached hydrogens (tertiary/aromatic N) is 2. The van der Waals surface area contributed by atoms with E-state index in [1.54, 1.807) is 0 Å². The fraction of sp³-hybridized carbons (Fsp3) is 1.00. The topological polar surface area (TPSA) is 18.5 Å². The second kappa shape index (κ2) is 7.34. The van der Waals surface area contributed by atoms with Gasteiger partial charge < -0.3 is 15.1 Å². The van der Waals surface area contributed by atoms with Gasteiger partial charge in [-0.15, -0.1) is 0 Å². The fourth-order valence-electron chi connectivity index (χ4n) is 3.20. The first-order chi connectivity index (χ1) is 8.08. The van der Waals surface area contributed by atoms with Crippen LogP contribution in [0.2, 0.25) is 0 Å². The highest BCUT2D eigenvalue weighted by atomic mass is 15.1. The molecule has 1 aliphatic carbocycles. The first kappa shape index (κ1) is 14.9. The first-order valence-corrected chi connectivity index (χ1v) is 7.06. The van der Waals surface area contributed by atoms with Crippen LogP contribution in [0.4, 0.5) is 0 Å². The molecule has 1 N–H and O–H groups in total. The quantitative estimate of drug-likeness (QED) is 0.697. The molecule has 0 unspecified atom stereocenters. The third kappa shape index (κ3) is 5.36. The van der Waals surface area contributed by atoms with Gasteiger partial charge in [-0.1, -0.05) is 12.8 Å². The van der Waals surface area contributed by atoms with Gasteiger partial charge in [-0.2, -0.15) is 0 Å². The van der Waals surface area contributed by atoms with E-state index in [9.17, 15) is 0 Å². The summed E-state index contributed by atoms with van der Waals surface area (Å²) < 4.78 is 0. The monoisotopic (exact) mass is 241 g/mol. The van der Waals surface area contributed by atoms with E-state index < -0.39 is 0 Å². The van der Waals surface area contributed by atoms with Crippen molar-refractivity contribution in [1.29, 1.82) is 0 Å². The van der Waals surface area contributed by atoms with Gasteiger partial charge in [0.05, 0.1) is 0 Å². The minimum Gasteiger partial charge on any atom is -0.319 e. The maximum absolute atomic E-state index is 3.40. The molecule has 3 heteroatoms. The molecule has 0 aliphatic heterocycles. The molecule has 1 saturated carbocycles. The largest absolute Gasteiger partial charge is 0.319 e. The molecule has 0 atom stereocenters. The fourth-order valence-corrected chi connectivity index (χ4v) is 3.20. The van der Waals surface area contributed by atoms with Crippen LogP contribution in [0.3, 0.4) is 0 Å². The summed E-state index contributed by atoms with van der Waals surface area (Å²) in [6.45, 7) is 4.87. The lowest BCUT2D eigenvalue weighted by molar-refractivity contribution is 0.171. The van der Waals surface area contributed by atoms with Crippen molar-refractivity contribution < 1.29 is 0 Å². The predicted octanol–water partition coefficient (Wildman–Crippen LogP) is 1.65. The standard InChI is InChI=1S/C14H31N3/c1-15-12-14(8-5-6-9-14)13-17(4)11-7-10-16(2)3/h15H,5-13H2,1-4H3. The van der Waals surface area contributed by atoms with Crippen molar-refractivity contribution in [2.75, 3.05) is 54.4 Å². The molecular formula is C14H31N3. The van der Waals surface area contributed by atoms with E-state index in [0.29, 0.717) is 5.41 Å². The highest BCUT2D eigenvalue weighted by Gasteiger charge is 2.33. The Bertz CT molecular complexity index is 198. The first-order valence-electron chi connectivity index (χ1n) is 7.06. The molecule has 0 aromatic heterocycles. The van der Waals surface area contributed by atoms with Gasteiger partial charge in [0.2, 0.25) is 0 Å². The molecule has 0 bridgehead atoms. The molecule has 1 fully saturated rings. The SMILES string of the molecule is CNCC1(CN(C)CCCN(C)C)CCCC1. The Morgan fingerprint density at radius 3 is 2.24 bits per heavy atom. The summed E-state index contributed by atoms with van der Waals surface area (Å²) in [5.74, 6) is 0. The van der Waals surface area contributed by atoms with E-state index in [-0.39, 0.29) is 0 Å². The normalized spacial score (nSPS) is 19.4. The van der Waals surface area contributed by atoms with Gasteiger partial charge in [0.25, 0.3) is 0 Å². The number of rotatable bonds is 8. The molecule has 0 radical (unpaired) electrons. The summed E-state index contributed by atoms with van der Waals surface area (Å²) in [5, 5.41) is 3.40. The van der Waals surface area contributed by atoms with E-state index in [4.69, 9.17) is 0 Å². The van der Waals surface area contributed by atoms with Crippen LogP contribution >= 0.6 is 0 Å². The molecule has 0 heterocycles. The Labute approximate surface area is 108 Å². The highest BCUT2D eigenvalue weighted by Crippen LogP contribution is 2.38. The van der Waals surface area contributed by atoms with Gasteiger partial charge in [-0.05, 0) is 66.0 Å². The van der Waals surface area contributed by atoms with Crippen LogP contribution in [0.1, 0.15) is 32.1 Å². The molecule has 17 heavy (non-hydrogen) atoms. The second-order valence-corrected chi connectivity index (χ2v) is 6.13. The smallest absolute Gasteiger partial charge is 0.00471 e.